The van der Waals surface area contributed by atoms with Gasteiger partial charge in [0.1, 0.15) is 10.6 Å². The number of rotatable bonds is 7. The van der Waals surface area contributed by atoms with E-state index in [-0.39, 0.29) is 17.4 Å². The van der Waals surface area contributed by atoms with Crippen LogP contribution in [0.1, 0.15) is 61.1 Å². The van der Waals surface area contributed by atoms with Gasteiger partial charge in [0.25, 0.3) is 11.6 Å². The minimum Gasteiger partial charge on any atom is -0.451 e. The number of hydrazone groups is 1. The molecule has 1 aliphatic rings. The number of nitrogens with one attached hydrogen (secondary N) is 2. The smallest absolute Gasteiger partial charge is 0.307 e. The molecule has 5 aromatic rings. The van der Waals surface area contributed by atoms with Crippen LogP contribution in [0.5, 0.6) is 0 Å². The molecule has 0 atom stereocenters. The van der Waals surface area contributed by atoms with Crippen LogP contribution in [0, 0.1) is 24.0 Å². The molecular weight excluding hydrogens is 554 g/mol. The van der Waals surface area contributed by atoms with Crippen LogP contribution in [0.4, 0.5) is 11.4 Å². The van der Waals surface area contributed by atoms with Gasteiger partial charge in [-0.2, -0.15) is 5.10 Å². The van der Waals surface area contributed by atoms with Crippen molar-refractivity contribution in [3.05, 3.63) is 109 Å². The number of carbonyl (C=O) groups is 2. The Morgan fingerprint density at radius 3 is 2.62 bits per heavy atom. The standard InChI is InChI=1S/C31H27N5O5S/c1-18-14-21(17-32-34-29(37)26-16-20-15-23(36(39)40)12-13-25(20)41-26)19(2)35(18)31-28(24-10-6-7-11-27(24)42-31)30(38)33-22-8-4-3-5-9-22/h3-5,8-9,12-17H,6-7,10-11H2,1-2H3,(H,33,38)(H,34,37)/b32-17+. The summed E-state index contributed by atoms with van der Waals surface area (Å²) in [5, 5.41) is 19.6. The van der Waals surface area contributed by atoms with E-state index in [1.54, 1.807) is 17.6 Å². The summed E-state index contributed by atoms with van der Waals surface area (Å²) in [4.78, 5) is 38.1. The number of anilines is 1. The molecule has 212 valence electrons. The summed E-state index contributed by atoms with van der Waals surface area (Å²) in [6, 6.07) is 17.0. The number of furan rings is 1. The first-order valence-corrected chi connectivity index (χ1v) is 14.3. The Balaban J connectivity index is 1.26. The van der Waals surface area contributed by atoms with E-state index in [0.717, 1.165) is 58.9 Å². The van der Waals surface area contributed by atoms with Crippen molar-refractivity contribution >= 4 is 51.7 Å². The molecule has 0 aliphatic heterocycles. The first kappa shape index (κ1) is 27.2. The summed E-state index contributed by atoms with van der Waals surface area (Å²) in [5.74, 6) is -0.710. The largest absolute Gasteiger partial charge is 0.451 e. The molecule has 0 bridgehead atoms. The third-order valence-corrected chi connectivity index (χ3v) is 8.67. The van der Waals surface area contributed by atoms with Gasteiger partial charge in [-0.3, -0.25) is 19.7 Å². The van der Waals surface area contributed by atoms with Crippen molar-refractivity contribution in [3.8, 4) is 5.00 Å². The maximum absolute atomic E-state index is 13.6. The fourth-order valence-electron chi connectivity index (χ4n) is 5.36. The van der Waals surface area contributed by atoms with Gasteiger partial charge in [0.05, 0.1) is 16.7 Å². The van der Waals surface area contributed by atoms with Gasteiger partial charge in [0, 0.05) is 45.0 Å². The molecule has 3 heterocycles. The lowest BCUT2D eigenvalue weighted by Crippen LogP contribution is -2.17. The molecule has 0 spiro atoms. The van der Waals surface area contributed by atoms with Crippen LogP contribution in [0.15, 0.2) is 70.2 Å². The quantitative estimate of drug-likeness (QED) is 0.125. The number of nitro benzene ring substituents is 1. The number of aromatic nitrogens is 1. The summed E-state index contributed by atoms with van der Waals surface area (Å²) < 4.78 is 7.62. The Hall–Kier alpha value is -5.03. The van der Waals surface area contributed by atoms with Gasteiger partial charge in [-0.25, -0.2) is 5.43 Å². The number of carbonyl (C=O) groups excluding carboxylic acids is 2. The van der Waals surface area contributed by atoms with Crippen molar-refractivity contribution < 1.29 is 18.9 Å². The monoisotopic (exact) mass is 581 g/mol. The van der Waals surface area contributed by atoms with Crippen LogP contribution in [0.3, 0.4) is 0 Å². The highest BCUT2D eigenvalue weighted by Gasteiger charge is 2.28. The van der Waals surface area contributed by atoms with E-state index >= 15 is 0 Å². The van der Waals surface area contributed by atoms with Gasteiger partial charge in [0.2, 0.25) is 0 Å². The Kier molecular flexibility index (Phi) is 7.17. The second-order valence-electron chi connectivity index (χ2n) is 10.2. The highest BCUT2D eigenvalue weighted by Crippen LogP contribution is 2.39. The zero-order valence-electron chi connectivity index (χ0n) is 23.0. The maximum atomic E-state index is 13.6. The molecule has 2 N–H and O–H groups in total. The van der Waals surface area contributed by atoms with Gasteiger partial charge in [0.15, 0.2) is 5.76 Å². The molecule has 0 fully saturated rings. The lowest BCUT2D eigenvalue weighted by atomic mass is 9.95. The number of amides is 2. The molecular formula is C31H27N5O5S. The Labute approximate surface area is 244 Å². The third-order valence-electron chi connectivity index (χ3n) is 7.39. The van der Waals surface area contributed by atoms with Crippen LogP contribution in [0.25, 0.3) is 16.0 Å². The first-order chi connectivity index (χ1) is 20.3. The number of aryl methyl sites for hydroxylation is 2. The lowest BCUT2D eigenvalue weighted by molar-refractivity contribution is -0.384. The van der Waals surface area contributed by atoms with Gasteiger partial charge in [-0.15, -0.1) is 11.3 Å². The predicted octanol–water partition coefficient (Wildman–Crippen LogP) is 6.71. The number of nitro groups is 1. The Morgan fingerprint density at radius 2 is 1.83 bits per heavy atom. The molecule has 0 saturated carbocycles. The molecule has 1 aliphatic carbocycles. The van der Waals surface area contributed by atoms with Crippen LogP contribution < -0.4 is 10.7 Å². The van der Waals surface area contributed by atoms with Gasteiger partial charge < -0.3 is 14.3 Å². The van der Waals surface area contributed by atoms with E-state index in [1.807, 2.05) is 50.2 Å². The minimum absolute atomic E-state index is 0.00800. The number of hydrogen-bond donors (Lipinski definition) is 2. The van der Waals surface area contributed by atoms with E-state index in [1.165, 1.54) is 29.1 Å². The number of hydrogen-bond acceptors (Lipinski definition) is 7. The molecule has 0 saturated heterocycles. The topological polar surface area (TPSA) is 132 Å². The van der Waals surface area contributed by atoms with Crippen LogP contribution in [0.2, 0.25) is 0 Å². The maximum Gasteiger partial charge on any atom is 0.307 e. The van der Waals surface area contributed by atoms with E-state index in [0.29, 0.717) is 16.5 Å². The minimum atomic E-state index is -0.579. The number of thiophene rings is 1. The van der Waals surface area contributed by atoms with Crippen LogP contribution in [-0.2, 0) is 12.8 Å². The average Bonchev–Trinajstić information content (AvgIpc) is 3.65. The SMILES string of the molecule is Cc1cc(/C=N/NC(=O)c2cc3cc([N+](=O)[O-])ccc3o2)c(C)n1-c1sc2c(c1C(=O)Nc1ccccc1)CCCC2. The van der Waals surface area contributed by atoms with Crippen molar-refractivity contribution in [2.24, 2.45) is 5.10 Å². The van der Waals surface area contributed by atoms with Crippen LogP contribution in [-0.4, -0.2) is 27.5 Å². The van der Waals surface area contributed by atoms with E-state index in [9.17, 15) is 19.7 Å². The molecule has 3 aromatic heterocycles. The molecule has 6 rings (SSSR count). The van der Waals surface area contributed by atoms with Gasteiger partial charge in [-0.1, -0.05) is 18.2 Å². The lowest BCUT2D eigenvalue weighted by Gasteiger charge is -2.14. The number of benzene rings is 2. The highest BCUT2D eigenvalue weighted by molar-refractivity contribution is 7.15. The number of fused-ring (bicyclic) bond motifs is 2. The normalized spacial score (nSPS) is 12.9. The van der Waals surface area contributed by atoms with Crippen LogP contribution >= 0.6 is 11.3 Å². The van der Waals surface area contributed by atoms with Crippen molar-refractivity contribution in [1.29, 1.82) is 0 Å². The highest BCUT2D eigenvalue weighted by atomic mass is 32.1. The fraction of sp³-hybridized carbons (Fsp3) is 0.194. The summed E-state index contributed by atoms with van der Waals surface area (Å²) in [7, 11) is 0. The first-order valence-electron chi connectivity index (χ1n) is 13.5. The molecule has 10 nitrogen and oxygen atoms in total. The summed E-state index contributed by atoms with van der Waals surface area (Å²) in [5.41, 5.74) is 7.94. The second kappa shape index (κ2) is 11.1. The summed E-state index contributed by atoms with van der Waals surface area (Å²) in [6.07, 6.45) is 5.55. The van der Waals surface area contributed by atoms with E-state index in [2.05, 4.69) is 20.4 Å². The molecule has 11 heteroatoms. The zero-order chi connectivity index (χ0) is 29.4. The van der Waals surface area contributed by atoms with Crippen molar-refractivity contribution in [3.63, 3.8) is 0 Å². The summed E-state index contributed by atoms with van der Waals surface area (Å²) >= 11 is 1.66. The molecule has 0 unspecified atom stereocenters. The average molecular weight is 582 g/mol. The molecule has 2 amide bonds. The number of nitrogens with zero attached hydrogens (tertiary/aromatic N) is 3. The molecule has 0 radical (unpaired) electrons. The molecule has 42 heavy (non-hydrogen) atoms. The summed E-state index contributed by atoms with van der Waals surface area (Å²) in [6.45, 7) is 3.94. The van der Waals surface area contributed by atoms with Gasteiger partial charge >= 0.3 is 5.91 Å². The predicted molar refractivity (Wildman–Crippen MR) is 162 cm³/mol. The molecule has 2 aromatic carbocycles. The third kappa shape index (κ3) is 5.10. The van der Waals surface area contributed by atoms with Crippen molar-refractivity contribution in [1.82, 2.24) is 9.99 Å². The van der Waals surface area contributed by atoms with Crippen molar-refractivity contribution in [2.45, 2.75) is 39.5 Å². The van der Waals surface area contributed by atoms with E-state index < -0.39 is 10.8 Å². The van der Waals surface area contributed by atoms with E-state index in [4.69, 9.17) is 4.42 Å². The van der Waals surface area contributed by atoms with Crippen molar-refractivity contribution in [2.75, 3.05) is 5.32 Å². The Morgan fingerprint density at radius 1 is 1.05 bits per heavy atom. The second-order valence-corrected chi connectivity index (χ2v) is 11.2. The van der Waals surface area contributed by atoms with Gasteiger partial charge in [-0.05, 0) is 75.4 Å². The number of para-hydroxylation sites is 1. The fourth-order valence-corrected chi connectivity index (χ4v) is 6.86. The zero-order valence-corrected chi connectivity index (χ0v) is 23.8. The number of non-ortho nitro benzene ring substituents is 1. The Bertz CT molecular complexity index is 1880.